The molecule has 136 valence electrons. The molecule has 2 atom stereocenters. The van der Waals surface area contributed by atoms with Crippen molar-refractivity contribution in [2.75, 3.05) is 11.4 Å². The highest BCUT2D eigenvalue weighted by Gasteiger charge is 2.40. The van der Waals surface area contributed by atoms with E-state index in [1.54, 1.807) is 24.3 Å². The lowest BCUT2D eigenvalue weighted by Gasteiger charge is -2.23. The average molecular weight is 363 g/mol. The van der Waals surface area contributed by atoms with Crippen molar-refractivity contribution in [3.63, 3.8) is 0 Å². The molecule has 2 aromatic heterocycles. The van der Waals surface area contributed by atoms with E-state index in [0.717, 1.165) is 0 Å². The first kappa shape index (κ1) is 16.6. The summed E-state index contributed by atoms with van der Waals surface area (Å²) in [6.45, 7) is 0.628. The number of carboxylic acid groups (broad SMARTS) is 1. The van der Waals surface area contributed by atoms with Gasteiger partial charge in [0.2, 0.25) is 5.82 Å². The highest BCUT2D eigenvalue weighted by atomic mass is 19.3. The molecular formula is C17H15F2N3O4. The van der Waals surface area contributed by atoms with E-state index < -0.39 is 29.9 Å². The molecule has 1 saturated heterocycles. The van der Waals surface area contributed by atoms with Gasteiger partial charge in [0.1, 0.15) is 17.1 Å². The summed E-state index contributed by atoms with van der Waals surface area (Å²) in [5.74, 6) is -5.27. The maximum absolute atomic E-state index is 13.9. The van der Waals surface area contributed by atoms with Gasteiger partial charge in [0, 0.05) is 25.3 Å². The van der Waals surface area contributed by atoms with Crippen molar-refractivity contribution in [1.29, 1.82) is 0 Å². The number of para-hydroxylation sites is 1. The Balaban J connectivity index is 2.02. The molecule has 4 rings (SSSR count). The quantitative estimate of drug-likeness (QED) is 0.737. The Morgan fingerprint density at radius 1 is 1.35 bits per heavy atom. The van der Waals surface area contributed by atoms with E-state index in [1.807, 2.05) is 0 Å². The molecule has 0 aliphatic carbocycles. The molecule has 3 aromatic rings. The third kappa shape index (κ3) is 2.55. The molecule has 1 aliphatic rings. The smallest absolute Gasteiger partial charge is 0.326 e. The minimum absolute atomic E-state index is 0.0289. The minimum Gasteiger partial charge on any atom is -0.480 e. The summed E-state index contributed by atoms with van der Waals surface area (Å²) in [5.41, 5.74) is 0.744. The van der Waals surface area contributed by atoms with Crippen LogP contribution in [0.25, 0.3) is 22.1 Å². The maximum atomic E-state index is 13.9. The molecule has 9 heteroatoms. The van der Waals surface area contributed by atoms with Gasteiger partial charge < -0.3 is 19.5 Å². The molecule has 0 radical (unpaired) electrons. The standard InChI is InChI=1S/C17H15F2N3O4/c1-17(18,19)16-20-12-9-4-2-3-5-11(9)26-13(12)14(21-16)22-7-8(23)6-10(22)15(24)25/h2-5,8,10,23H,6-7H2,1H3,(H,24,25)/t8-,10-/m0/s1. The molecule has 0 spiro atoms. The number of fused-ring (bicyclic) bond motifs is 3. The summed E-state index contributed by atoms with van der Waals surface area (Å²) in [6.07, 6.45) is -0.935. The van der Waals surface area contributed by atoms with Crippen molar-refractivity contribution >= 4 is 33.9 Å². The summed E-state index contributed by atoms with van der Waals surface area (Å²) in [7, 11) is 0. The molecule has 0 unspecified atom stereocenters. The number of alkyl halides is 2. The molecule has 1 aliphatic heterocycles. The van der Waals surface area contributed by atoms with Gasteiger partial charge in [0.05, 0.1) is 6.10 Å². The summed E-state index contributed by atoms with van der Waals surface area (Å²) in [6, 6.07) is 5.71. The van der Waals surface area contributed by atoms with Crippen LogP contribution >= 0.6 is 0 Å². The fourth-order valence-electron chi connectivity index (χ4n) is 3.25. The van der Waals surface area contributed by atoms with Crippen LogP contribution in [0.15, 0.2) is 28.7 Å². The lowest BCUT2D eigenvalue weighted by Crippen LogP contribution is -2.37. The topological polar surface area (TPSA) is 99.7 Å². The monoisotopic (exact) mass is 363 g/mol. The highest BCUT2D eigenvalue weighted by molar-refractivity contribution is 6.06. The number of aromatic nitrogens is 2. The number of nitrogens with zero attached hydrogens (tertiary/aromatic N) is 3. The number of furan rings is 1. The number of aliphatic carboxylic acids is 1. The van der Waals surface area contributed by atoms with E-state index in [-0.39, 0.29) is 29.9 Å². The third-order valence-corrected chi connectivity index (χ3v) is 4.43. The summed E-state index contributed by atoms with van der Waals surface area (Å²) >= 11 is 0. The van der Waals surface area contributed by atoms with Gasteiger partial charge in [0.15, 0.2) is 11.4 Å². The van der Waals surface area contributed by atoms with Gasteiger partial charge in [-0.05, 0) is 12.1 Å². The maximum Gasteiger partial charge on any atom is 0.326 e. The first-order chi connectivity index (χ1) is 12.3. The number of aliphatic hydroxyl groups is 1. The van der Waals surface area contributed by atoms with Gasteiger partial charge in [-0.3, -0.25) is 0 Å². The van der Waals surface area contributed by atoms with Crippen LogP contribution in [0.4, 0.5) is 14.6 Å². The third-order valence-electron chi connectivity index (χ3n) is 4.43. The number of aliphatic hydroxyl groups excluding tert-OH is 1. The number of benzene rings is 1. The van der Waals surface area contributed by atoms with Gasteiger partial charge in [-0.15, -0.1) is 0 Å². The van der Waals surface area contributed by atoms with Crippen LogP contribution in [-0.2, 0) is 10.7 Å². The molecular weight excluding hydrogens is 348 g/mol. The Hall–Kier alpha value is -2.81. The van der Waals surface area contributed by atoms with Crippen molar-refractivity contribution in [2.45, 2.75) is 31.4 Å². The van der Waals surface area contributed by atoms with Crippen molar-refractivity contribution in [1.82, 2.24) is 9.97 Å². The van der Waals surface area contributed by atoms with Crippen LogP contribution in [0.1, 0.15) is 19.2 Å². The van der Waals surface area contributed by atoms with Crippen molar-refractivity contribution in [3.8, 4) is 0 Å². The zero-order chi connectivity index (χ0) is 18.6. The van der Waals surface area contributed by atoms with Gasteiger partial charge in [-0.25, -0.2) is 14.8 Å². The first-order valence-corrected chi connectivity index (χ1v) is 8.01. The Morgan fingerprint density at radius 2 is 2.08 bits per heavy atom. The highest BCUT2D eigenvalue weighted by Crippen LogP contribution is 2.38. The van der Waals surface area contributed by atoms with Crippen LogP contribution in [-0.4, -0.2) is 44.8 Å². The SMILES string of the molecule is CC(F)(F)c1nc(N2C[C@@H](O)C[C@H]2C(=O)O)c2oc3ccccc3c2n1. The molecule has 1 aromatic carbocycles. The number of halogens is 2. The van der Waals surface area contributed by atoms with Gasteiger partial charge in [-0.1, -0.05) is 12.1 Å². The summed E-state index contributed by atoms with van der Waals surface area (Å²) in [5, 5.41) is 19.9. The Labute approximate surface area is 145 Å². The average Bonchev–Trinajstić information content (AvgIpc) is 3.13. The van der Waals surface area contributed by atoms with Crippen molar-refractivity contribution < 1.29 is 28.2 Å². The van der Waals surface area contributed by atoms with Crippen LogP contribution in [0.3, 0.4) is 0 Å². The van der Waals surface area contributed by atoms with Gasteiger partial charge in [-0.2, -0.15) is 8.78 Å². The molecule has 7 nitrogen and oxygen atoms in total. The molecule has 0 bridgehead atoms. The second kappa shape index (κ2) is 5.60. The van der Waals surface area contributed by atoms with Gasteiger partial charge >= 0.3 is 11.9 Å². The zero-order valence-electron chi connectivity index (χ0n) is 13.7. The molecule has 0 amide bonds. The lowest BCUT2D eigenvalue weighted by atomic mass is 10.2. The largest absolute Gasteiger partial charge is 0.480 e. The summed E-state index contributed by atoms with van der Waals surface area (Å²) < 4.78 is 33.6. The number of carboxylic acids is 1. The van der Waals surface area contributed by atoms with Crippen LogP contribution in [0.2, 0.25) is 0 Å². The molecule has 1 fully saturated rings. The Kier molecular flexibility index (Phi) is 3.58. The predicted octanol–water partition coefficient (Wildman–Crippen LogP) is 2.51. The minimum atomic E-state index is -3.32. The molecule has 2 N–H and O–H groups in total. The van der Waals surface area contributed by atoms with E-state index in [0.29, 0.717) is 17.9 Å². The van der Waals surface area contributed by atoms with Crippen LogP contribution < -0.4 is 4.90 Å². The van der Waals surface area contributed by atoms with Crippen molar-refractivity contribution in [2.24, 2.45) is 0 Å². The molecule has 26 heavy (non-hydrogen) atoms. The van der Waals surface area contributed by atoms with Crippen LogP contribution in [0, 0.1) is 0 Å². The Bertz CT molecular complexity index is 1010. The van der Waals surface area contributed by atoms with E-state index >= 15 is 0 Å². The van der Waals surface area contributed by atoms with Crippen molar-refractivity contribution in [3.05, 3.63) is 30.1 Å². The fraction of sp³-hybridized carbons (Fsp3) is 0.353. The van der Waals surface area contributed by atoms with Crippen LogP contribution in [0.5, 0.6) is 0 Å². The van der Waals surface area contributed by atoms with Gasteiger partial charge in [0.25, 0.3) is 0 Å². The fourth-order valence-corrected chi connectivity index (χ4v) is 3.25. The number of hydrogen-bond acceptors (Lipinski definition) is 6. The number of anilines is 1. The van der Waals surface area contributed by atoms with E-state index in [2.05, 4.69) is 9.97 Å². The number of hydrogen-bond donors (Lipinski definition) is 2. The molecule has 0 saturated carbocycles. The number of carbonyl (C=O) groups is 1. The van der Waals surface area contributed by atoms with E-state index in [9.17, 15) is 23.8 Å². The zero-order valence-corrected chi connectivity index (χ0v) is 13.7. The lowest BCUT2D eigenvalue weighted by molar-refractivity contribution is -0.138. The first-order valence-electron chi connectivity index (χ1n) is 8.01. The predicted molar refractivity (Wildman–Crippen MR) is 88.3 cm³/mol. The number of rotatable bonds is 3. The Morgan fingerprint density at radius 3 is 2.77 bits per heavy atom. The summed E-state index contributed by atoms with van der Waals surface area (Å²) in [4.78, 5) is 20.7. The van der Waals surface area contributed by atoms with E-state index in [1.165, 1.54) is 4.90 Å². The normalized spacial score (nSPS) is 21.0. The second-order valence-corrected chi connectivity index (χ2v) is 6.43. The number of β-amino-alcohol motifs (C(OH)–C–C–N with tert-alkyl or cyclic N) is 1. The van der Waals surface area contributed by atoms with E-state index in [4.69, 9.17) is 4.42 Å². The molecule has 3 heterocycles. The second-order valence-electron chi connectivity index (χ2n) is 6.43.